The summed E-state index contributed by atoms with van der Waals surface area (Å²) >= 11 is 0. The van der Waals surface area contributed by atoms with Crippen molar-refractivity contribution in [3.8, 4) is 17.2 Å². The van der Waals surface area contributed by atoms with Gasteiger partial charge in [0.2, 0.25) is 11.7 Å². The molecule has 1 amide bonds. The summed E-state index contributed by atoms with van der Waals surface area (Å²) in [6.07, 6.45) is 3.06. The number of ether oxygens (including phenoxy) is 3. The van der Waals surface area contributed by atoms with Crippen LogP contribution in [0.5, 0.6) is 17.2 Å². The molecule has 1 aromatic heterocycles. The van der Waals surface area contributed by atoms with Gasteiger partial charge in [0.15, 0.2) is 23.1 Å². The van der Waals surface area contributed by atoms with E-state index in [9.17, 15) is 18.0 Å². The van der Waals surface area contributed by atoms with E-state index >= 15 is 0 Å². The molecule has 0 aliphatic carbocycles. The number of fused-ring (bicyclic) bond motifs is 1. The van der Waals surface area contributed by atoms with Crippen molar-refractivity contribution in [1.82, 2.24) is 19.4 Å². The monoisotopic (exact) mass is 727 g/mol. The van der Waals surface area contributed by atoms with Gasteiger partial charge in [-0.05, 0) is 91.9 Å². The fraction of sp³-hybridized carbons (Fsp3) is 0.366. The largest absolute Gasteiger partial charge is 0.493 e. The maximum absolute atomic E-state index is 14.7. The zero-order valence-electron chi connectivity index (χ0n) is 30.2. The first kappa shape index (κ1) is 36.1. The summed E-state index contributed by atoms with van der Waals surface area (Å²) in [5.74, 6) is -0.318. The highest BCUT2D eigenvalue weighted by Crippen LogP contribution is 2.42. The van der Waals surface area contributed by atoms with Crippen LogP contribution in [0.15, 0.2) is 78.9 Å². The number of nitrogens with zero attached hydrogens (tertiary/aromatic N) is 4. The number of hydrogen-bond donors (Lipinski definition) is 1. The Labute approximate surface area is 307 Å². The van der Waals surface area contributed by atoms with Gasteiger partial charge >= 0.3 is 0 Å². The number of nitrogens with one attached hydrogen (secondary N) is 1. The van der Waals surface area contributed by atoms with Crippen LogP contribution in [0.4, 0.5) is 19.1 Å². The number of methoxy groups -OCH3 is 3. The fourth-order valence-corrected chi connectivity index (χ4v) is 7.82. The van der Waals surface area contributed by atoms with Gasteiger partial charge in [-0.3, -0.25) is 4.79 Å². The Morgan fingerprint density at radius 2 is 1.58 bits per heavy atom. The second kappa shape index (κ2) is 15.4. The molecule has 2 saturated heterocycles. The van der Waals surface area contributed by atoms with E-state index in [0.717, 1.165) is 55.0 Å². The van der Waals surface area contributed by atoms with E-state index in [1.807, 2.05) is 24.3 Å². The number of carbonyl (C=O) groups excluding carboxylic acids is 1. The molecule has 7 rings (SSSR count). The highest BCUT2D eigenvalue weighted by Gasteiger charge is 2.42. The summed E-state index contributed by atoms with van der Waals surface area (Å²) in [5, 5.41) is 3.69. The van der Waals surface area contributed by atoms with Crippen LogP contribution in [0.25, 0.3) is 11.0 Å². The highest BCUT2D eigenvalue weighted by atomic mass is 19.2. The molecule has 1 atom stereocenters. The Bertz CT molecular complexity index is 2060. The Hall–Kier alpha value is -5.23. The van der Waals surface area contributed by atoms with Crippen molar-refractivity contribution in [2.45, 2.75) is 43.7 Å². The third-order valence-corrected chi connectivity index (χ3v) is 10.8. The maximum atomic E-state index is 14.7. The molecule has 2 fully saturated rings. The molecule has 12 heteroatoms. The van der Waals surface area contributed by atoms with Crippen LogP contribution in [-0.4, -0.2) is 85.4 Å². The highest BCUT2D eigenvalue weighted by molar-refractivity contribution is 5.96. The SMILES string of the molecule is COc1cc(C(=O)N2CCC(CCN3CCC(Nc4nc5ccccc5n4Cc4ccc(F)cc4)CC3)(c3ccc(F)c(F)c3)C2)cc(OC)c1OC. The van der Waals surface area contributed by atoms with E-state index in [1.165, 1.54) is 45.6 Å². The van der Waals surface area contributed by atoms with E-state index in [4.69, 9.17) is 19.2 Å². The van der Waals surface area contributed by atoms with Gasteiger partial charge in [0, 0.05) is 43.2 Å². The molecular formula is C41H44F3N5O4. The van der Waals surface area contributed by atoms with E-state index in [2.05, 4.69) is 14.8 Å². The molecule has 0 spiro atoms. The van der Waals surface area contributed by atoms with E-state index in [1.54, 1.807) is 35.2 Å². The zero-order chi connectivity index (χ0) is 37.1. The van der Waals surface area contributed by atoms with E-state index < -0.39 is 17.0 Å². The number of aromatic nitrogens is 2. The normalized spacial score (nSPS) is 18.0. The van der Waals surface area contributed by atoms with Gasteiger partial charge in [0.25, 0.3) is 5.91 Å². The number of para-hydroxylation sites is 2. The fourth-order valence-electron chi connectivity index (χ4n) is 7.82. The van der Waals surface area contributed by atoms with Crippen molar-refractivity contribution >= 4 is 22.9 Å². The maximum Gasteiger partial charge on any atom is 0.254 e. The van der Waals surface area contributed by atoms with Crippen LogP contribution in [0.1, 0.15) is 47.2 Å². The lowest BCUT2D eigenvalue weighted by atomic mass is 9.76. The molecule has 278 valence electrons. The van der Waals surface area contributed by atoms with Crippen molar-refractivity contribution < 1.29 is 32.2 Å². The Balaban J connectivity index is 1.04. The van der Waals surface area contributed by atoms with Crippen molar-refractivity contribution in [2.24, 2.45) is 0 Å². The van der Waals surface area contributed by atoms with Gasteiger partial charge in [-0.2, -0.15) is 0 Å². The third kappa shape index (κ3) is 7.50. The molecule has 0 bridgehead atoms. The molecule has 2 aliphatic rings. The summed E-state index contributed by atoms with van der Waals surface area (Å²) in [4.78, 5) is 23.0. The number of anilines is 1. The first-order valence-electron chi connectivity index (χ1n) is 17.9. The lowest BCUT2D eigenvalue weighted by Crippen LogP contribution is -2.42. The number of imidazole rings is 1. The summed E-state index contributed by atoms with van der Waals surface area (Å²) in [6.45, 7) is 3.80. The van der Waals surface area contributed by atoms with Gasteiger partial charge in [0.1, 0.15) is 5.82 Å². The summed E-state index contributed by atoms with van der Waals surface area (Å²) in [6, 6.07) is 22.2. The molecule has 0 radical (unpaired) electrons. The van der Waals surface area contributed by atoms with Crippen molar-refractivity contribution in [2.75, 3.05) is 59.4 Å². The minimum absolute atomic E-state index is 0.202. The second-order valence-corrected chi connectivity index (χ2v) is 13.9. The van der Waals surface area contributed by atoms with Gasteiger partial charge < -0.3 is 33.9 Å². The lowest BCUT2D eigenvalue weighted by molar-refractivity contribution is 0.0779. The minimum atomic E-state index is -0.895. The first-order valence-corrected chi connectivity index (χ1v) is 17.9. The van der Waals surface area contributed by atoms with E-state index in [-0.39, 0.29) is 17.8 Å². The number of carbonyl (C=O) groups is 1. The van der Waals surface area contributed by atoms with Crippen LogP contribution in [0.2, 0.25) is 0 Å². The number of rotatable bonds is 12. The van der Waals surface area contributed by atoms with Crippen LogP contribution < -0.4 is 19.5 Å². The predicted octanol–water partition coefficient (Wildman–Crippen LogP) is 7.28. The lowest BCUT2D eigenvalue weighted by Gasteiger charge is -2.36. The molecule has 53 heavy (non-hydrogen) atoms. The Kier molecular flexibility index (Phi) is 10.5. The number of benzene rings is 4. The van der Waals surface area contributed by atoms with Crippen LogP contribution in [0, 0.1) is 17.5 Å². The van der Waals surface area contributed by atoms with Crippen LogP contribution in [-0.2, 0) is 12.0 Å². The van der Waals surface area contributed by atoms with Crippen LogP contribution in [0.3, 0.4) is 0 Å². The van der Waals surface area contributed by atoms with Crippen molar-refractivity contribution in [3.63, 3.8) is 0 Å². The van der Waals surface area contributed by atoms with Gasteiger partial charge in [-0.25, -0.2) is 18.2 Å². The molecule has 1 unspecified atom stereocenters. The molecule has 9 nitrogen and oxygen atoms in total. The quantitative estimate of drug-likeness (QED) is 0.145. The van der Waals surface area contributed by atoms with Crippen LogP contribution >= 0.6 is 0 Å². The summed E-state index contributed by atoms with van der Waals surface area (Å²) in [7, 11) is 4.51. The van der Waals surface area contributed by atoms with Gasteiger partial charge in [-0.15, -0.1) is 0 Å². The van der Waals surface area contributed by atoms with Gasteiger partial charge in [0.05, 0.1) is 38.9 Å². The number of amides is 1. The van der Waals surface area contributed by atoms with Crippen molar-refractivity contribution in [3.05, 3.63) is 113 Å². The molecule has 1 N–H and O–H groups in total. The molecule has 4 aromatic carbocycles. The minimum Gasteiger partial charge on any atom is -0.493 e. The molecule has 2 aliphatic heterocycles. The molecule has 3 heterocycles. The first-order chi connectivity index (χ1) is 25.7. The molecule has 5 aromatic rings. The Morgan fingerprint density at radius 3 is 2.26 bits per heavy atom. The second-order valence-electron chi connectivity index (χ2n) is 13.9. The smallest absolute Gasteiger partial charge is 0.254 e. The number of likely N-dealkylation sites (tertiary alicyclic amines) is 2. The molecule has 0 saturated carbocycles. The van der Waals surface area contributed by atoms with E-state index in [0.29, 0.717) is 60.9 Å². The summed E-state index contributed by atoms with van der Waals surface area (Å²) < 4.78 is 60.9. The average Bonchev–Trinajstić information content (AvgIpc) is 3.77. The zero-order valence-corrected chi connectivity index (χ0v) is 30.2. The van der Waals surface area contributed by atoms with Gasteiger partial charge in [-0.1, -0.05) is 30.3 Å². The summed E-state index contributed by atoms with van der Waals surface area (Å²) in [5.41, 5.74) is 3.40. The topological polar surface area (TPSA) is 81.1 Å². The standard InChI is InChI=1S/C41H44F3N5O4/c1-51-36-22-28(23-37(52-2)38(36)53-3)39(50)48-21-17-41(26-48,29-10-13-32(43)33(44)24-29)16-20-47-18-14-31(15-19-47)45-40-46-34-6-4-5-7-35(34)49(40)25-27-8-11-30(42)12-9-27/h4-13,22-24,31H,14-21,25-26H2,1-3H3,(H,45,46). The number of hydrogen-bond acceptors (Lipinski definition) is 7. The predicted molar refractivity (Wildman–Crippen MR) is 198 cm³/mol. The number of halogens is 3. The van der Waals surface area contributed by atoms with Crippen molar-refractivity contribution in [1.29, 1.82) is 0 Å². The number of piperidine rings is 1. The third-order valence-electron chi connectivity index (χ3n) is 10.8. The molecular weight excluding hydrogens is 683 g/mol. The Morgan fingerprint density at radius 1 is 0.868 bits per heavy atom. The average molecular weight is 728 g/mol.